The normalized spacial score (nSPS) is 11.4. The molecule has 9 heteroatoms. The van der Waals surface area contributed by atoms with Gasteiger partial charge in [0.1, 0.15) is 5.01 Å². The monoisotopic (exact) mass is 440 g/mol. The van der Waals surface area contributed by atoms with Gasteiger partial charge in [-0.25, -0.2) is 4.98 Å². The Morgan fingerprint density at radius 3 is 2.79 bits per heavy atom. The minimum atomic E-state index is 0.700. The quantitative estimate of drug-likeness (QED) is 0.331. The van der Waals surface area contributed by atoms with E-state index in [1.807, 2.05) is 30.3 Å². The number of methoxy groups -OCH3 is 2. The van der Waals surface area contributed by atoms with Crippen LogP contribution in [0.1, 0.15) is 5.69 Å². The van der Waals surface area contributed by atoms with Crippen molar-refractivity contribution in [3.05, 3.63) is 53.5 Å². The summed E-state index contributed by atoms with van der Waals surface area (Å²) in [6.45, 7) is 0. The van der Waals surface area contributed by atoms with Gasteiger partial charge in [-0.05, 0) is 24.3 Å². The van der Waals surface area contributed by atoms with E-state index >= 15 is 0 Å². The summed E-state index contributed by atoms with van der Waals surface area (Å²) in [6.07, 6.45) is 0. The number of hydrogen-bond acceptors (Lipinski definition) is 8. The molecule has 2 aromatic carbocycles. The molecule has 0 aliphatic rings. The molecule has 3 heterocycles. The van der Waals surface area contributed by atoms with Crippen LogP contribution < -0.4 is 9.47 Å². The molecule has 0 bridgehead atoms. The SMILES string of the molecule is COc1cccc(-c2nc(CSc3nnc4sc5ccccc5n34)cs2)c1OC. The van der Waals surface area contributed by atoms with Gasteiger partial charge in [0.15, 0.2) is 16.7 Å². The van der Waals surface area contributed by atoms with Crippen molar-refractivity contribution in [3.63, 3.8) is 0 Å². The number of nitrogens with zero attached hydrogens (tertiary/aromatic N) is 4. The van der Waals surface area contributed by atoms with Crippen LogP contribution in [0.25, 0.3) is 25.7 Å². The Morgan fingerprint density at radius 2 is 1.93 bits per heavy atom. The van der Waals surface area contributed by atoms with Crippen molar-refractivity contribution < 1.29 is 9.47 Å². The highest BCUT2D eigenvalue weighted by molar-refractivity contribution is 7.98. The Balaban J connectivity index is 1.41. The molecule has 146 valence electrons. The van der Waals surface area contributed by atoms with Crippen LogP contribution in [0.3, 0.4) is 0 Å². The summed E-state index contributed by atoms with van der Waals surface area (Å²) >= 11 is 4.88. The number of aromatic nitrogens is 4. The zero-order chi connectivity index (χ0) is 19.8. The molecule has 0 saturated heterocycles. The maximum Gasteiger partial charge on any atom is 0.217 e. The van der Waals surface area contributed by atoms with E-state index in [1.54, 1.807) is 48.7 Å². The molecule has 6 nitrogen and oxygen atoms in total. The summed E-state index contributed by atoms with van der Waals surface area (Å²) in [4.78, 5) is 5.71. The van der Waals surface area contributed by atoms with Crippen LogP contribution in [0, 0.1) is 0 Å². The molecular weight excluding hydrogens is 424 g/mol. The molecule has 3 aromatic heterocycles. The lowest BCUT2D eigenvalue weighted by Gasteiger charge is -2.10. The predicted octanol–water partition coefficient (Wildman–Crippen LogP) is 5.38. The maximum absolute atomic E-state index is 5.55. The largest absolute Gasteiger partial charge is 0.493 e. The molecule has 0 radical (unpaired) electrons. The molecule has 0 N–H and O–H groups in total. The van der Waals surface area contributed by atoms with Gasteiger partial charge in [0.2, 0.25) is 4.96 Å². The molecule has 5 rings (SSSR count). The molecule has 0 saturated carbocycles. The van der Waals surface area contributed by atoms with Gasteiger partial charge in [-0.3, -0.25) is 4.40 Å². The van der Waals surface area contributed by atoms with E-state index in [0.29, 0.717) is 17.3 Å². The van der Waals surface area contributed by atoms with Crippen molar-refractivity contribution >= 4 is 49.6 Å². The summed E-state index contributed by atoms with van der Waals surface area (Å²) < 4.78 is 14.3. The second-order valence-corrected chi connectivity index (χ2v) is 8.95. The molecule has 0 aliphatic carbocycles. The topological polar surface area (TPSA) is 61.5 Å². The number of fused-ring (bicyclic) bond motifs is 3. The van der Waals surface area contributed by atoms with Crippen LogP contribution in [0.4, 0.5) is 0 Å². The highest BCUT2D eigenvalue weighted by Crippen LogP contribution is 2.39. The van der Waals surface area contributed by atoms with Gasteiger partial charge in [-0.15, -0.1) is 21.5 Å². The lowest BCUT2D eigenvalue weighted by Crippen LogP contribution is -1.93. The second kappa shape index (κ2) is 7.66. The predicted molar refractivity (Wildman–Crippen MR) is 119 cm³/mol. The molecule has 0 spiro atoms. The standard InChI is InChI=1S/C20H16N4O2S3/c1-25-15-8-5-6-13(17(15)26-2)18-21-12(10-27-18)11-28-19-22-23-20-24(19)14-7-3-4-9-16(14)29-20/h3-10H,11H2,1-2H3. The number of thiazole rings is 2. The number of para-hydroxylation sites is 2. The Hall–Kier alpha value is -2.62. The molecule has 0 amide bonds. The van der Waals surface area contributed by atoms with Crippen LogP contribution in [-0.4, -0.2) is 33.8 Å². The van der Waals surface area contributed by atoms with Crippen LogP contribution in [0.2, 0.25) is 0 Å². The molecule has 0 unspecified atom stereocenters. The van der Waals surface area contributed by atoms with E-state index in [-0.39, 0.29) is 0 Å². The third kappa shape index (κ3) is 3.25. The van der Waals surface area contributed by atoms with Crippen LogP contribution >= 0.6 is 34.4 Å². The van der Waals surface area contributed by atoms with Crippen molar-refractivity contribution in [2.75, 3.05) is 14.2 Å². The highest BCUT2D eigenvalue weighted by Gasteiger charge is 2.16. The highest BCUT2D eigenvalue weighted by atomic mass is 32.2. The molecule has 0 fully saturated rings. The van der Waals surface area contributed by atoms with E-state index in [0.717, 1.165) is 31.9 Å². The average molecular weight is 441 g/mol. The van der Waals surface area contributed by atoms with E-state index in [1.165, 1.54) is 4.70 Å². The Labute approximate surface area is 179 Å². The Bertz CT molecular complexity index is 1310. The lowest BCUT2D eigenvalue weighted by molar-refractivity contribution is 0.356. The van der Waals surface area contributed by atoms with Crippen molar-refractivity contribution in [1.29, 1.82) is 0 Å². The van der Waals surface area contributed by atoms with Crippen LogP contribution in [0.15, 0.2) is 53.0 Å². The van der Waals surface area contributed by atoms with E-state index in [2.05, 4.69) is 32.1 Å². The fraction of sp³-hybridized carbons (Fsp3) is 0.150. The van der Waals surface area contributed by atoms with Crippen molar-refractivity contribution in [1.82, 2.24) is 19.6 Å². The van der Waals surface area contributed by atoms with Crippen molar-refractivity contribution in [3.8, 4) is 22.1 Å². The van der Waals surface area contributed by atoms with Gasteiger partial charge in [-0.1, -0.05) is 41.3 Å². The molecule has 29 heavy (non-hydrogen) atoms. The zero-order valence-corrected chi connectivity index (χ0v) is 18.1. The first-order valence-electron chi connectivity index (χ1n) is 8.79. The fourth-order valence-corrected chi connectivity index (χ4v) is 5.95. The van der Waals surface area contributed by atoms with Gasteiger partial charge in [-0.2, -0.15) is 0 Å². The summed E-state index contributed by atoms with van der Waals surface area (Å²) in [5, 5.41) is 12.5. The second-order valence-electron chi connectivity index (χ2n) is 6.14. The third-order valence-electron chi connectivity index (χ3n) is 4.45. The lowest BCUT2D eigenvalue weighted by atomic mass is 10.2. The Kier molecular flexibility index (Phi) is 4.86. The zero-order valence-electron chi connectivity index (χ0n) is 15.7. The van der Waals surface area contributed by atoms with Gasteiger partial charge in [0.05, 0.1) is 35.7 Å². The summed E-state index contributed by atoms with van der Waals surface area (Å²) in [5.41, 5.74) is 3.07. The molecular formula is C20H16N4O2S3. The van der Waals surface area contributed by atoms with E-state index < -0.39 is 0 Å². The van der Waals surface area contributed by atoms with Gasteiger partial charge in [0, 0.05) is 11.1 Å². The fourth-order valence-electron chi connectivity index (χ4n) is 3.14. The first-order valence-corrected chi connectivity index (χ1v) is 11.5. The molecule has 5 aromatic rings. The number of ether oxygens (including phenoxy) is 2. The Morgan fingerprint density at radius 1 is 1.03 bits per heavy atom. The number of thioether (sulfide) groups is 1. The van der Waals surface area contributed by atoms with Crippen LogP contribution in [0.5, 0.6) is 11.5 Å². The first kappa shape index (κ1) is 18.4. The molecule has 0 atom stereocenters. The number of rotatable bonds is 6. The maximum atomic E-state index is 5.55. The van der Waals surface area contributed by atoms with Crippen LogP contribution in [-0.2, 0) is 5.75 Å². The summed E-state index contributed by atoms with van der Waals surface area (Å²) in [7, 11) is 3.28. The minimum absolute atomic E-state index is 0.700. The summed E-state index contributed by atoms with van der Waals surface area (Å²) in [6, 6.07) is 14.1. The smallest absolute Gasteiger partial charge is 0.217 e. The van der Waals surface area contributed by atoms with Gasteiger partial charge >= 0.3 is 0 Å². The number of hydrogen-bond donors (Lipinski definition) is 0. The van der Waals surface area contributed by atoms with E-state index in [9.17, 15) is 0 Å². The first-order chi connectivity index (χ1) is 14.3. The summed E-state index contributed by atoms with van der Waals surface area (Å²) in [5.74, 6) is 2.12. The van der Waals surface area contributed by atoms with E-state index in [4.69, 9.17) is 14.5 Å². The van der Waals surface area contributed by atoms with Gasteiger partial charge < -0.3 is 9.47 Å². The minimum Gasteiger partial charge on any atom is -0.493 e. The van der Waals surface area contributed by atoms with Gasteiger partial charge in [0.25, 0.3) is 0 Å². The van der Waals surface area contributed by atoms with Crippen molar-refractivity contribution in [2.24, 2.45) is 0 Å². The third-order valence-corrected chi connectivity index (χ3v) is 7.34. The van der Waals surface area contributed by atoms with Crippen molar-refractivity contribution in [2.45, 2.75) is 10.9 Å². The molecule has 0 aliphatic heterocycles. The number of benzene rings is 2. The average Bonchev–Trinajstić information content (AvgIpc) is 3.47.